The quantitative estimate of drug-likeness (QED) is 0.157. The van der Waals surface area contributed by atoms with E-state index in [9.17, 15) is 0 Å². The molecule has 0 saturated carbocycles. The molecule has 13 aromatic rings. The van der Waals surface area contributed by atoms with Gasteiger partial charge in [0.05, 0.1) is 11.1 Å². The average Bonchev–Trinajstić information content (AvgIpc) is 3.94. The number of hydrogen-bond donors (Lipinski definition) is 0. The zero-order chi connectivity index (χ0) is 41.4. The van der Waals surface area contributed by atoms with Crippen LogP contribution in [0.1, 0.15) is 0 Å². The number of furan rings is 2. The molecule has 0 unspecified atom stereocenters. The van der Waals surface area contributed by atoms with E-state index in [4.69, 9.17) is 8.83 Å². The van der Waals surface area contributed by atoms with Gasteiger partial charge in [-0.05, 0) is 109 Å². The van der Waals surface area contributed by atoms with Gasteiger partial charge in [0, 0.05) is 38.7 Å². The van der Waals surface area contributed by atoms with Crippen molar-refractivity contribution in [3.63, 3.8) is 0 Å². The van der Waals surface area contributed by atoms with Gasteiger partial charge in [0.2, 0.25) is 0 Å². The van der Waals surface area contributed by atoms with Crippen LogP contribution in [0.4, 0.5) is 17.1 Å². The van der Waals surface area contributed by atoms with Crippen molar-refractivity contribution in [1.29, 1.82) is 0 Å². The van der Waals surface area contributed by atoms with Gasteiger partial charge in [-0.2, -0.15) is 0 Å². The molecule has 0 bridgehead atoms. The second kappa shape index (κ2) is 14.1. The van der Waals surface area contributed by atoms with E-state index in [1.54, 1.807) is 0 Å². The summed E-state index contributed by atoms with van der Waals surface area (Å²) in [6.07, 6.45) is 0. The average molecular weight is 804 g/mol. The molecule has 0 amide bonds. The van der Waals surface area contributed by atoms with Crippen molar-refractivity contribution in [2.24, 2.45) is 0 Å². The fourth-order valence-electron chi connectivity index (χ4n) is 9.94. The van der Waals surface area contributed by atoms with Crippen molar-refractivity contribution in [3.8, 4) is 33.4 Å². The van der Waals surface area contributed by atoms with Gasteiger partial charge in [-0.3, -0.25) is 0 Å². The lowest BCUT2D eigenvalue weighted by Gasteiger charge is -2.27. The maximum Gasteiger partial charge on any atom is 0.145 e. The highest BCUT2D eigenvalue weighted by molar-refractivity contribution is 6.20. The molecule has 2 heterocycles. The van der Waals surface area contributed by atoms with Gasteiger partial charge < -0.3 is 13.7 Å². The molecule has 294 valence electrons. The molecule has 0 aliphatic heterocycles. The molecule has 0 aliphatic rings. The molecule has 0 N–H and O–H groups in total. The lowest BCUT2D eigenvalue weighted by Crippen LogP contribution is -2.10. The van der Waals surface area contributed by atoms with E-state index in [2.05, 4.69) is 223 Å². The topological polar surface area (TPSA) is 29.5 Å². The van der Waals surface area contributed by atoms with Crippen molar-refractivity contribution in [3.05, 3.63) is 224 Å². The van der Waals surface area contributed by atoms with Crippen LogP contribution in [0.3, 0.4) is 0 Å². The Balaban J connectivity index is 1.04. The highest BCUT2D eigenvalue weighted by atomic mass is 16.3. The normalized spacial score (nSPS) is 11.8. The Kier molecular flexibility index (Phi) is 7.91. The maximum absolute atomic E-state index is 6.92. The van der Waals surface area contributed by atoms with Gasteiger partial charge in [-0.25, -0.2) is 0 Å². The molecule has 0 saturated heterocycles. The second-order valence-corrected chi connectivity index (χ2v) is 16.4. The largest absolute Gasteiger partial charge is 0.455 e. The van der Waals surface area contributed by atoms with Crippen molar-refractivity contribution in [2.75, 3.05) is 4.90 Å². The lowest BCUT2D eigenvalue weighted by atomic mass is 9.94. The predicted octanol–water partition coefficient (Wildman–Crippen LogP) is 17.4. The molecule has 0 atom stereocenters. The maximum atomic E-state index is 6.92. The Hall–Kier alpha value is -8.40. The number of rotatable bonds is 6. The molecule has 11 aromatic carbocycles. The van der Waals surface area contributed by atoms with Crippen LogP contribution in [0.5, 0.6) is 0 Å². The molecular weight excluding hydrogens is 767 g/mol. The molecule has 13 rings (SSSR count). The summed E-state index contributed by atoms with van der Waals surface area (Å²) in [5.74, 6) is 0. The number of fused-ring (bicyclic) bond motifs is 10. The summed E-state index contributed by atoms with van der Waals surface area (Å²) >= 11 is 0. The number of para-hydroxylation sites is 2. The summed E-state index contributed by atoms with van der Waals surface area (Å²) in [6.45, 7) is 0. The van der Waals surface area contributed by atoms with Gasteiger partial charge in [-0.1, -0.05) is 170 Å². The minimum atomic E-state index is 0.858. The third-order valence-corrected chi connectivity index (χ3v) is 12.9. The molecule has 0 radical (unpaired) electrons. The second-order valence-electron chi connectivity index (χ2n) is 16.4. The fourth-order valence-corrected chi connectivity index (χ4v) is 9.94. The minimum absolute atomic E-state index is 0.858. The van der Waals surface area contributed by atoms with E-state index in [1.807, 2.05) is 6.07 Å². The number of anilines is 3. The number of nitrogens with zero attached hydrogens (tertiary/aromatic N) is 1. The van der Waals surface area contributed by atoms with E-state index >= 15 is 0 Å². The molecule has 3 nitrogen and oxygen atoms in total. The molecule has 0 fully saturated rings. The van der Waals surface area contributed by atoms with Crippen LogP contribution < -0.4 is 4.90 Å². The first-order chi connectivity index (χ1) is 31.2. The zero-order valence-electron chi connectivity index (χ0n) is 34.1. The third kappa shape index (κ3) is 5.60. The Morgan fingerprint density at radius 3 is 1.60 bits per heavy atom. The molecule has 2 aromatic heterocycles. The number of benzene rings is 11. The summed E-state index contributed by atoms with van der Waals surface area (Å²) in [7, 11) is 0. The van der Waals surface area contributed by atoms with Gasteiger partial charge in [-0.15, -0.1) is 0 Å². The Labute approximate surface area is 363 Å². The van der Waals surface area contributed by atoms with Crippen molar-refractivity contribution < 1.29 is 8.83 Å². The lowest BCUT2D eigenvalue weighted by molar-refractivity contribution is 0.669. The molecule has 3 heteroatoms. The van der Waals surface area contributed by atoms with E-state index in [0.29, 0.717) is 0 Å². The number of hydrogen-bond acceptors (Lipinski definition) is 3. The fraction of sp³-hybridized carbons (Fsp3) is 0. The van der Waals surface area contributed by atoms with E-state index in [0.717, 1.165) is 94.3 Å². The van der Waals surface area contributed by atoms with Crippen LogP contribution in [0.15, 0.2) is 233 Å². The monoisotopic (exact) mass is 803 g/mol. The van der Waals surface area contributed by atoms with Gasteiger partial charge >= 0.3 is 0 Å². The van der Waals surface area contributed by atoms with Crippen molar-refractivity contribution in [2.45, 2.75) is 0 Å². The first-order valence-electron chi connectivity index (χ1n) is 21.5. The summed E-state index contributed by atoms with van der Waals surface area (Å²) < 4.78 is 13.6. The van der Waals surface area contributed by atoms with Crippen molar-refractivity contribution >= 4 is 93.3 Å². The SMILES string of the molecule is c1ccc(-c2ccc(-c3ccc(N(c4ccc5c(ccc6ccccc65)c4)c4ccc(-c5cccc6ccccc56)c5oc6ccccc6c45)cc3)c3c2oc2ccccc23)cc1. The van der Waals surface area contributed by atoms with Crippen LogP contribution in [-0.4, -0.2) is 0 Å². The predicted molar refractivity (Wildman–Crippen MR) is 265 cm³/mol. The highest BCUT2D eigenvalue weighted by Gasteiger charge is 2.24. The Morgan fingerprint density at radius 1 is 0.286 bits per heavy atom. The van der Waals surface area contributed by atoms with Gasteiger partial charge in [0.25, 0.3) is 0 Å². The first-order valence-corrected chi connectivity index (χ1v) is 21.5. The van der Waals surface area contributed by atoms with Crippen LogP contribution >= 0.6 is 0 Å². The van der Waals surface area contributed by atoms with E-state index in [1.165, 1.54) is 32.3 Å². The van der Waals surface area contributed by atoms with Crippen LogP contribution in [-0.2, 0) is 0 Å². The van der Waals surface area contributed by atoms with Crippen molar-refractivity contribution in [1.82, 2.24) is 0 Å². The highest BCUT2D eigenvalue weighted by Crippen LogP contribution is 2.48. The molecule has 0 aliphatic carbocycles. The molecular formula is C60H37NO2. The summed E-state index contributed by atoms with van der Waals surface area (Å²) in [5, 5.41) is 11.7. The zero-order valence-corrected chi connectivity index (χ0v) is 34.1. The Bertz CT molecular complexity index is 3910. The minimum Gasteiger partial charge on any atom is -0.455 e. The smallest absolute Gasteiger partial charge is 0.145 e. The molecule has 0 spiro atoms. The summed E-state index contributed by atoms with van der Waals surface area (Å²) in [4.78, 5) is 2.40. The van der Waals surface area contributed by atoms with Crippen LogP contribution in [0.2, 0.25) is 0 Å². The van der Waals surface area contributed by atoms with E-state index in [-0.39, 0.29) is 0 Å². The molecule has 63 heavy (non-hydrogen) atoms. The van der Waals surface area contributed by atoms with Gasteiger partial charge in [0.1, 0.15) is 22.3 Å². The van der Waals surface area contributed by atoms with Crippen LogP contribution in [0, 0.1) is 0 Å². The summed E-state index contributed by atoms with van der Waals surface area (Å²) in [6, 6.07) is 80.4. The standard InChI is InChI=1S/C60H37NO2/c1-2-13-39(14-3-1)49-34-33-48(57-52-20-8-10-23-55(52)62-59(49)57)41-27-29-43(30-28-41)61(44-31-32-47-42(37-44)26-25-40-16-5-6-18-45(40)47)54-36-35-51(50-22-12-17-38-15-4-7-19-46(38)50)60-58(54)53-21-9-11-24-56(53)63-60/h1-37H. The first kappa shape index (κ1) is 35.4. The third-order valence-electron chi connectivity index (χ3n) is 12.9. The summed E-state index contributed by atoms with van der Waals surface area (Å²) in [5.41, 5.74) is 13.3. The Morgan fingerprint density at radius 2 is 0.825 bits per heavy atom. The van der Waals surface area contributed by atoms with E-state index < -0.39 is 0 Å². The van der Waals surface area contributed by atoms with Crippen LogP contribution in [0.25, 0.3) is 110 Å². The van der Waals surface area contributed by atoms with Gasteiger partial charge in [0.15, 0.2) is 0 Å².